The van der Waals surface area contributed by atoms with Crippen LogP contribution in [0.25, 0.3) is 17.3 Å². The molecule has 152 valence electrons. The molecule has 0 aliphatic carbocycles. The molecule has 2 aromatic carbocycles. The third kappa shape index (κ3) is 3.04. The summed E-state index contributed by atoms with van der Waals surface area (Å²) in [6, 6.07) is 11.8. The van der Waals surface area contributed by atoms with Gasteiger partial charge >= 0.3 is 0 Å². The van der Waals surface area contributed by atoms with Crippen LogP contribution in [-0.2, 0) is 6.42 Å². The predicted octanol–water partition coefficient (Wildman–Crippen LogP) is 4.52. The molecule has 0 saturated heterocycles. The fourth-order valence-electron chi connectivity index (χ4n) is 3.83. The van der Waals surface area contributed by atoms with E-state index in [1.54, 1.807) is 24.5 Å². The monoisotopic (exact) mass is 411 g/mol. The van der Waals surface area contributed by atoms with Gasteiger partial charge < -0.3 is 4.52 Å². The molecule has 0 radical (unpaired) electrons. The Hall–Kier alpha value is -4.05. The van der Waals surface area contributed by atoms with Crippen molar-refractivity contribution in [1.29, 1.82) is 0 Å². The number of rotatable bonds is 3. The maximum Gasteiger partial charge on any atom is 0.278 e. The zero-order chi connectivity index (χ0) is 21.5. The highest BCUT2D eigenvalue weighted by Gasteiger charge is 2.29. The lowest BCUT2D eigenvalue weighted by atomic mass is 9.98. The van der Waals surface area contributed by atoms with Gasteiger partial charge in [0.25, 0.3) is 5.89 Å². The van der Waals surface area contributed by atoms with E-state index >= 15 is 0 Å². The first kappa shape index (κ1) is 18.9. The van der Waals surface area contributed by atoms with Gasteiger partial charge in [-0.3, -0.25) is 9.56 Å². The summed E-state index contributed by atoms with van der Waals surface area (Å²) >= 11 is 0. The van der Waals surface area contributed by atoms with Crippen LogP contribution in [0.15, 0.2) is 58.3 Å². The Morgan fingerprint density at radius 1 is 1.19 bits per heavy atom. The SMILES string of the molecule is C#Cc1ccc2c(c1)C(c1ccccc1F)=N[C@H](C)c1c(-c3nc(CC)no3)ncn1-2. The van der Waals surface area contributed by atoms with E-state index in [9.17, 15) is 4.39 Å². The number of imidazole rings is 1. The highest BCUT2D eigenvalue weighted by atomic mass is 19.1. The van der Waals surface area contributed by atoms with Gasteiger partial charge in [0.1, 0.15) is 12.1 Å². The molecule has 4 aromatic rings. The van der Waals surface area contributed by atoms with Gasteiger partial charge in [-0.2, -0.15) is 4.98 Å². The van der Waals surface area contributed by atoms with Gasteiger partial charge in [-0.15, -0.1) is 6.42 Å². The summed E-state index contributed by atoms with van der Waals surface area (Å²) in [7, 11) is 0. The Morgan fingerprint density at radius 2 is 2.03 bits per heavy atom. The van der Waals surface area contributed by atoms with Gasteiger partial charge in [-0.05, 0) is 37.3 Å². The van der Waals surface area contributed by atoms with Gasteiger partial charge in [0, 0.05) is 23.1 Å². The molecule has 2 aromatic heterocycles. The normalized spacial score (nSPS) is 14.9. The second kappa shape index (κ2) is 7.33. The highest BCUT2D eigenvalue weighted by Crippen LogP contribution is 2.36. The van der Waals surface area contributed by atoms with Crippen LogP contribution in [0.5, 0.6) is 0 Å². The molecule has 6 nitrogen and oxygen atoms in total. The van der Waals surface area contributed by atoms with Crippen molar-refractivity contribution in [3.05, 3.63) is 82.8 Å². The third-order valence-electron chi connectivity index (χ3n) is 5.32. The van der Waals surface area contributed by atoms with Gasteiger partial charge in [0.2, 0.25) is 0 Å². The summed E-state index contributed by atoms with van der Waals surface area (Å²) in [4.78, 5) is 13.9. The van der Waals surface area contributed by atoms with Crippen LogP contribution in [0.1, 0.15) is 48.1 Å². The van der Waals surface area contributed by atoms with Gasteiger partial charge in [0.05, 0.1) is 23.1 Å². The first-order chi connectivity index (χ1) is 15.1. The molecule has 5 rings (SSSR count). The Bertz CT molecular complexity index is 1370. The maximum absolute atomic E-state index is 14.8. The van der Waals surface area contributed by atoms with Gasteiger partial charge in [-0.1, -0.05) is 30.1 Å². The summed E-state index contributed by atoms with van der Waals surface area (Å²) in [5.74, 6) is 3.25. The van der Waals surface area contributed by atoms with E-state index in [1.165, 1.54) is 6.07 Å². The minimum atomic E-state index is -0.356. The van der Waals surface area contributed by atoms with Crippen molar-refractivity contribution in [2.24, 2.45) is 4.99 Å². The lowest BCUT2D eigenvalue weighted by Gasteiger charge is -2.12. The van der Waals surface area contributed by atoms with E-state index in [0.29, 0.717) is 40.7 Å². The number of fused-ring (bicyclic) bond motifs is 3. The fourth-order valence-corrected chi connectivity index (χ4v) is 3.83. The summed E-state index contributed by atoms with van der Waals surface area (Å²) in [5, 5.41) is 3.99. The number of benzene rings is 2. The number of aromatic nitrogens is 4. The molecule has 1 aliphatic rings. The van der Waals surface area contributed by atoms with Crippen molar-refractivity contribution < 1.29 is 8.91 Å². The van der Waals surface area contributed by atoms with E-state index in [4.69, 9.17) is 15.9 Å². The maximum atomic E-state index is 14.8. The molecule has 0 saturated carbocycles. The molecule has 1 aliphatic heterocycles. The van der Waals surface area contributed by atoms with Crippen LogP contribution in [0, 0.1) is 18.2 Å². The van der Waals surface area contributed by atoms with E-state index in [1.807, 2.05) is 36.6 Å². The number of nitrogens with zero attached hydrogens (tertiary/aromatic N) is 5. The largest absolute Gasteiger partial charge is 0.332 e. The molecule has 0 spiro atoms. The molecule has 0 amide bonds. The Kier molecular flexibility index (Phi) is 4.48. The quantitative estimate of drug-likeness (QED) is 0.465. The third-order valence-corrected chi connectivity index (χ3v) is 5.32. The van der Waals surface area contributed by atoms with Crippen LogP contribution < -0.4 is 0 Å². The molecule has 31 heavy (non-hydrogen) atoms. The molecule has 1 atom stereocenters. The Balaban J connectivity index is 1.79. The van der Waals surface area contributed by atoms with E-state index in [2.05, 4.69) is 21.0 Å². The van der Waals surface area contributed by atoms with E-state index in [0.717, 1.165) is 16.9 Å². The Morgan fingerprint density at radius 3 is 2.77 bits per heavy atom. The van der Waals surface area contributed by atoms with Crippen molar-refractivity contribution in [2.45, 2.75) is 26.3 Å². The first-order valence-corrected chi connectivity index (χ1v) is 9.95. The Labute approximate surface area is 178 Å². The zero-order valence-electron chi connectivity index (χ0n) is 17.0. The average Bonchev–Trinajstić information content (AvgIpc) is 3.42. The molecule has 0 N–H and O–H groups in total. The van der Waals surface area contributed by atoms with Gasteiger partial charge in [-0.25, -0.2) is 9.37 Å². The topological polar surface area (TPSA) is 69.1 Å². The smallest absolute Gasteiger partial charge is 0.278 e. The summed E-state index contributed by atoms with van der Waals surface area (Å²) in [5.41, 5.74) is 4.51. The van der Waals surface area contributed by atoms with E-state index in [-0.39, 0.29) is 11.9 Å². The predicted molar refractivity (Wildman–Crippen MR) is 115 cm³/mol. The zero-order valence-corrected chi connectivity index (χ0v) is 17.0. The summed E-state index contributed by atoms with van der Waals surface area (Å²) in [6.45, 7) is 3.89. The molecule has 7 heteroatoms. The van der Waals surface area contributed by atoms with Crippen molar-refractivity contribution >= 4 is 5.71 Å². The van der Waals surface area contributed by atoms with Crippen molar-refractivity contribution in [3.63, 3.8) is 0 Å². The summed E-state index contributed by atoms with van der Waals surface area (Å²) in [6.07, 6.45) is 8.00. The molecular weight excluding hydrogens is 393 g/mol. The van der Waals surface area contributed by atoms with E-state index < -0.39 is 0 Å². The van der Waals surface area contributed by atoms with Crippen LogP contribution in [0.3, 0.4) is 0 Å². The molecule has 0 bridgehead atoms. The van der Waals surface area contributed by atoms with Crippen molar-refractivity contribution in [2.75, 3.05) is 0 Å². The standard InChI is InChI=1S/C24H18FN5O/c1-4-15-10-11-19-17(12-15)21(16-8-6-7-9-18(16)25)27-14(3)23-22(26-13-30(19)23)24-28-20(5-2)29-31-24/h1,6-14H,5H2,2-3H3/t14-/m1/s1. The average molecular weight is 411 g/mol. The number of aliphatic imine (C=N–C) groups is 1. The molecule has 0 fully saturated rings. The second-order valence-electron chi connectivity index (χ2n) is 7.23. The molecule has 3 heterocycles. The number of hydrogen-bond donors (Lipinski definition) is 0. The van der Waals surface area contributed by atoms with Crippen LogP contribution in [0.2, 0.25) is 0 Å². The minimum absolute atomic E-state index is 0.337. The lowest BCUT2D eigenvalue weighted by Crippen LogP contribution is -2.09. The number of halogens is 1. The number of aryl methyl sites for hydroxylation is 1. The molecule has 0 unspecified atom stereocenters. The van der Waals surface area contributed by atoms with Crippen LogP contribution in [0.4, 0.5) is 4.39 Å². The fraction of sp³-hybridized carbons (Fsp3) is 0.167. The number of hydrogen-bond acceptors (Lipinski definition) is 5. The second-order valence-corrected chi connectivity index (χ2v) is 7.23. The molecular formula is C24H18FN5O. The minimum Gasteiger partial charge on any atom is -0.332 e. The first-order valence-electron chi connectivity index (χ1n) is 9.95. The van der Waals surface area contributed by atoms with Crippen molar-refractivity contribution in [1.82, 2.24) is 19.7 Å². The summed E-state index contributed by atoms with van der Waals surface area (Å²) < 4.78 is 22.1. The highest BCUT2D eigenvalue weighted by molar-refractivity contribution is 6.15. The van der Waals surface area contributed by atoms with Crippen LogP contribution in [-0.4, -0.2) is 25.4 Å². The number of terminal acetylenes is 1. The van der Waals surface area contributed by atoms with Gasteiger partial charge in [0.15, 0.2) is 11.5 Å². The lowest BCUT2D eigenvalue weighted by molar-refractivity contribution is 0.421. The van der Waals surface area contributed by atoms with Crippen LogP contribution >= 0.6 is 0 Å². The van der Waals surface area contributed by atoms with Crippen molar-refractivity contribution in [3.8, 4) is 29.6 Å².